The van der Waals surface area contributed by atoms with Gasteiger partial charge in [0, 0.05) is 49.5 Å². The van der Waals surface area contributed by atoms with Gasteiger partial charge in [-0.1, -0.05) is 24.3 Å². The Balaban J connectivity index is 1.48. The minimum Gasteiger partial charge on any atom is -0.396 e. The molecule has 2 amide bonds. The second-order valence-corrected chi connectivity index (χ2v) is 9.20. The number of hydrogen-bond acceptors (Lipinski definition) is 5. The summed E-state index contributed by atoms with van der Waals surface area (Å²) in [6.07, 6.45) is 2.38. The second kappa shape index (κ2) is 9.11. The highest BCUT2D eigenvalue weighted by Crippen LogP contribution is 2.48. The maximum atomic E-state index is 13.6. The first-order valence-corrected chi connectivity index (χ1v) is 11.8. The highest BCUT2D eigenvalue weighted by molar-refractivity contribution is 5.96. The summed E-state index contributed by atoms with van der Waals surface area (Å²) in [5.74, 6) is -1.43. The number of aliphatic hydroxyl groups is 1. The maximum absolute atomic E-state index is 13.6. The number of carbonyl (C=O) groups is 2. The van der Waals surface area contributed by atoms with Crippen LogP contribution in [-0.4, -0.2) is 70.1 Å². The van der Waals surface area contributed by atoms with Crippen molar-refractivity contribution in [2.75, 3.05) is 32.8 Å². The molecule has 2 fully saturated rings. The van der Waals surface area contributed by atoms with Crippen LogP contribution in [0.25, 0.3) is 0 Å². The van der Waals surface area contributed by atoms with Gasteiger partial charge in [0.25, 0.3) is 11.5 Å². The second-order valence-electron chi connectivity index (χ2n) is 9.20. The molecular formula is C25H30N4O4. The molecule has 0 saturated carbocycles. The SMILES string of the molecule is O=C(NCCN1CCCC1)[C@@H]1[C@@H](CO)[C@@H]2Cn3c(cccc3=O)[C@H]1N2C(=O)c1ccccc1. The van der Waals surface area contributed by atoms with Gasteiger partial charge in [-0.2, -0.15) is 0 Å². The first-order valence-electron chi connectivity index (χ1n) is 11.8. The molecule has 2 N–H and O–H groups in total. The van der Waals surface area contributed by atoms with Gasteiger partial charge in [0.1, 0.15) is 0 Å². The van der Waals surface area contributed by atoms with Crippen molar-refractivity contribution >= 4 is 11.8 Å². The minimum absolute atomic E-state index is 0.152. The summed E-state index contributed by atoms with van der Waals surface area (Å²) in [4.78, 5) is 43.7. The monoisotopic (exact) mass is 450 g/mol. The normalized spacial score (nSPS) is 26.3. The summed E-state index contributed by atoms with van der Waals surface area (Å²) in [6.45, 7) is 3.47. The fraction of sp³-hybridized carbons (Fsp3) is 0.480. The standard InChI is InChI=1S/C25H30N4O4/c30-16-18-20-15-28-19(9-6-10-21(28)31)23(29(20)25(33)17-7-2-1-3-8-17)22(18)24(32)26-11-14-27-12-4-5-13-27/h1-3,6-10,18,20,22-23,30H,4-5,11-16H2,(H,26,32)/t18-,20-,22+,23+/m0/s1. The van der Waals surface area contributed by atoms with Gasteiger partial charge in [-0.15, -0.1) is 0 Å². The van der Waals surface area contributed by atoms with Crippen molar-refractivity contribution in [3.05, 3.63) is 70.1 Å². The maximum Gasteiger partial charge on any atom is 0.254 e. The van der Waals surface area contributed by atoms with Gasteiger partial charge in [-0.25, -0.2) is 0 Å². The molecule has 1 aromatic carbocycles. The van der Waals surface area contributed by atoms with E-state index in [1.54, 1.807) is 27.7 Å². The lowest BCUT2D eigenvalue weighted by Crippen LogP contribution is -2.49. The molecule has 4 atom stereocenters. The number of pyridine rings is 1. The zero-order valence-electron chi connectivity index (χ0n) is 18.6. The fourth-order valence-corrected chi connectivity index (χ4v) is 5.83. The van der Waals surface area contributed by atoms with Crippen molar-refractivity contribution in [2.45, 2.75) is 31.5 Å². The molecule has 0 spiro atoms. The fourth-order valence-electron chi connectivity index (χ4n) is 5.83. The van der Waals surface area contributed by atoms with E-state index in [0.717, 1.165) is 19.6 Å². The number of benzene rings is 1. The number of nitrogens with zero attached hydrogens (tertiary/aromatic N) is 3. The van der Waals surface area contributed by atoms with Gasteiger partial charge in [0.2, 0.25) is 5.91 Å². The topological polar surface area (TPSA) is 94.9 Å². The van der Waals surface area contributed by atoms with Crippen molar-refractivity contribution in [3.63, 3.8) is 0 Å². The molecule has 4 heterocycles. The Labute approximate surface area is 192 Å². The van der Waals surface area contributed by atoms with Crippen LogP contribution in [0.2, 0.25) is 0 Å². The highest BCUT2D eigenvalue weighted by atomic mass is 16.3. The zero-order valence-corrected chi connectivity index (χ0v) is 18.6. The summed E-state index contributed by atoms with van der Waals surface area (Å²) < 4.78 is 1.66. The molecule has 3 aliphatic rings. The molecule has 8 nitrogen and oxygen atoms in total. The van der Waals surface area contributed by atoms with Gasteiger partial charge in [-0.05, 0) is 44.1 Å². The molecule has 2 bridgehead atoms. The van der Waals surface area contributed by atoms with Gasteiger partial charge < -0.3 is 24.8 Å². The van der Waals surface area contributed by atoms with Crippen LogP contribution in [0, 0.1) is 11.8 Å². The Morgan fingerprint density at radius 3 is 2.52 bits per heavy atom. The minimum atomic E-state index is -0.623. The van der Waals surface area contributed by atoms with E-state index < -0.39 is 23.9 Å². The Morgan fingerprint density at radius 1 is 1.03 bits per heavy atom. The van der Waals surface area contributed by atoms with Gasteiger partial charge in [-0.3, -0.25) is 14.4 Å². The number of hydrogen-bond donors (Lipinski definition) is 2. The third-order valence-corrected chi connectivity index (χ3v) is 7.40. The Bertz CT molecular complexity index is 1080. The quantitative estimate of drug-likeness (QED) is 0.681. The number of fused-ring (bicyclic) bond motifs is 4. The van der Waals surface area contributed by atoms with E-state index in [0.29, 0.717) is 17.8 Å². The molecule has 3 aliphatic heterocycles. The molecule has 2 aromatic rings. The third kappa shape index (κ3) is 3.87. The predicted octanol–water partition coefficient (Wildman–Crippen LogP) is 0.864. The molecule has 2 saturated heterocycles. The average Bonchev–Trinajstić information content (AvgIpc) is 3.43. The summed E-state index contributed by atoms with van der Waals surface area (Å²) in [6, 6.07) is 12.9. The molecule has 0 aliphatic carbocycles. The van der Waals surface area contributed by atoms with Crippen molar-refractivity contribution in [1.29, 1.82) is 0 Å². The molecular weight excluding hydrogens is 420 g/mol. The molecule has 8 heteroatoms. The van der Waals surface area contributed by atoms with Crippen LogP contribution in [0.4, 0.5) is 0 Å². The van der Waals surface area contributed by atoms with E-state index >= 15 is 0 Å². The van der Waals surface area contributed by atoms with E-state index in [1.165, 1.54) is 18.9 Å². The summed E-state index contributed by atoms with van der Waals surface area (Å²) in [5.41, 5.74) is 1.03. The van der Waals surface area contributed by atoms with E-state index in [9.17, 15) is 19.5 Å². The Kier molecular flexibility index (Phi) is 6.03. The number of nitrogens with one attached hydrogen (secondary N) is 1. The Morgan fingerprint density at radius 2 is 1.79 bits per heavy atom. The lowest BCUT2D eigenvalue weighted by Gasteiger charge is -2.38. The van der Waals surface area contributed by atoms with E-state index in [2.05, 4.69) is 10.2 Å². The molecule has 0 radical (unpaired) electrons. The summed E-state index contributed by atoms with van der Waals surface area (Å²) in [5, 5.41) is 13.4. The van der Waals surface area contributed by atoms with Crippen LogP contribution in [0.15, 0.2) is 53.3 Å². The first kappa shape index (κ1) is 21.9. The van der Waals surface area contributed by atoms with E-state index in [1.807, 2.05) is 24.3 Å². The Hall–Kier alpha value is -2.97. The number of aromatic nitrogens is 1. The highest BCUT2D eigenvalue weighted by Gasteiger charge is 2.57. The first-order chi connectivity index (χ1) is 16.1. The number of rotatable bonds is 6. The van der Waals surface area contributed by atoms with Crippen molar-refractivity contribution in [3.8, 4) is 0 Å². The van der Waals surface area contributed by atoms with Gasteiger partial charge in [0.15, 0.2) is 0 Å². The van der Waals surface area contributed by atoms with Crippen LogP contribution >= 0.6 is 0 Å². The molecule has 5 rings (SSSR count). The van der Waals surface area contributed by atoms with Crippen LogP contribution in [0.3, 0.4) is 0 Å². The number of amides is 2. The predicted molar refractivity (Wildman–Crippen MR) is 123 cm³/mol. The van der Waals surface area contributed by atoms with E-state index in [-0.39, 0.29) is 30.5 Å². The van der Waals surface area contributed by atoms with Gasteiger partial charge >= 0.3 is 0 Å². The number of likely N-dealkylation sites (tertiary alicyclic amines) is 1. The third-order valence-electron chi connectivity index (χ3n) is 7.40. The van der Waals surface area contributed by atoms with Crippen molar-refractivity contribution < 1.29 is 14.7 Å². The lowest BCUT2D eigenvalue weighted by molar-refractivity contribution is -0.127. The van der Waals surface area contributed by atoms with Crippen LogP contribution < -0.4 is 10.9 Å². The summed E-state index contributed by atoms with van der Waals surface area (Å²) in [7, 11) is 0. The van der Waals surface area contributed by atoms with Crippen LogP contribution in [0.1, 0.15) is 34.9 Å². The average molecular weight is 451 g/mol. The van der Waals surface area contributed by atoms with Gasteiger partial charge in [0.05, 0.1) is 18.0 Å². The molecule has 0 unspecified atom stereocenters. The lowest BCUT2D eigenvalue weighted by atomic mass is 9.86. The smallest absolute Gasteiger partial charge is 0.254 e. The van der Waals surface area contributed by atoms with E-state index in [4.69, 9.17) is 0 Å². The number of aliphatic hydroxyl groups excluding tert-OH is 1. The van der Waals surface area contributed by atoms with Crippen LogP contribution in [-0.2, 0) is 11.3 Å². The summed E-state index contributed by atoms with van der Waals surface area (Å²) >= 11 is 0. The molecule has 1 aromatic heterocycles. The van der Waals surface area contributed by atoms with Crippen LogP contribution in [0.5, 0.6) is 0 Å². The van der Waals surface area contributed by atoms with Crippen molar-refractivity contribution in [1.82, 2.24) is 19.7 Å². The van der Waals surface area contributed by atoms with Crippen molar-refractivity contribution in [2.24, 2.45) is 11.8 Å². The molecule has 174 valence electrons. The molecule has 33 heavy (non-hydrogen) atoms. The zero-order chi connectivity index (χ0) is 22.9. The largest absolute Gasteiger partial charge is 0.396 e. The number of carbonyl (C=O) groups excluding carboxylic acids is 2.